The van der Waals surface area contributed by atoms with Crippen LogP contribution in [0.1, 0.15) is 29.2 Å². The lowest BCUT2D eigenvalue weighted by Crippen LogP contribution is -2.55. The number of rotatable bonds is 2. The summed E-state index contributed by atoms with van der Waals surface area (Å²) in [6, 6.07) is 18.8. The lowest BCUT2D eigenvalue weighted by atomic mass is 9.92. The maximum absolute atomic E-state index is 13.5. The molecule has 1 N–H and O–H groups in total. The molecule has 1 spiro atoms. The van der Waals surface area contributed by atoms with Crippen molar-refractivity contribution in [2.75, 3.05) is 12.4 Å². The molecule has 0 unspecified atom stereocenters. The number of hydrazone groups is 1. The van der Waals surface area contributed by atoms with Crippen LogP contribution in [0.4, 0.5) is 5.69 Å². The van der Waals surface area contributed by atoms with E-state index in [-0.39, 0.29) is 11.9 Å². The number of methoxy groups -OCH3 is 1. The first-order chi connectivity index (χ1) is 15.5. The molecular formula is C24H17BrClN3O3. The number of halogens is 2. The van der Waals surface area contributed by atoms with Gasteiger partial charge in [-0.25, -0.2) is 5.01 Å². The summed E-state index contributed by atoms with van der Waals surface area (Å²) in [6.45, 7) is 0. The van der Waals surface area contributed by atoms with E-state index in [1.165, 1.54) is 0 Å². The first-order valence-corrected chi connectivity index (χ1v) is 11.3. The molecule has 3 aliphatic heterocycles. The van der Waals surface area contributed by atoms with E-state index < -0.39 is 5.72 Å². The van der Waals surface area contributed by atoms with Gasteiger partial charge in [0.05, 0.1) is 30.1 Å². The van der Waals surface area contributed by atoms with Gasteiger partial charge in [-0.05, 0) is 42.0 Å². The van der Waals surface area contributed by atoms with Crippen molar-refractivity contribution in [3.63, 3.8) is 0 Å². The number of carbonyl (C=O) groups is 1. The van der Waals surface area contributed by atoms with E-state index >= 15 is 0 Å². The Morgan fingerprint density at radius 1 is 1.22 bits per heavy atom. The molecule has 3 heterocycles. The number of hydrogen-bond acceptors (Lipinski definition) is 5. The minimum absolute atomic E-state index is 0.199. The van der Waals surface area contributed by atoms with Gasteiger partial charge in [-0.1, -0.05) is 51.8 Å². The number of fused-ring (bicyclic) bond motifs is 6. The summed E-state index contributed by atoms with van der Waals surface area (Å²) >= 11 is 9.62. The first-order valence-electron chi connectivity index (χ1n) is 10.1. The summed E-state index contributed by atoms with van der Waals surface area (Å²) in [4.78, 5) is 13.5. The Morgan fingerprint density at radius 2 is 2.03 bits per heavy atom. The second-order valence-electron chi connectivity index (χ2n) is 7.89. The third-order valence-electron chi connectivity index (χ3n) is 6.15. The molecule has 0 aromatic heterocycles. The van der Waals surface area contributed by atoms with Gasteiger partial charge in [0.15, 0.2) is 11.5 Å². The molecule has 0 fully saturated rings. The van der Waals surface area contributed by atoms with Gasteiger partial charge in [-0.2, -0.15) is 5.10 Å². The molecule has 3 aromatic carbocycles. The van der Waals surface area contributed by atoms with Crippen LogP contribution in [0.3, 0.4) is 0 Å². The number of nitrogens with one attached hydrogen (secondary N) is 1. The fourth-order valence-corrected chi connectivity index (χ4v) is 5.17. The highest BCUT2D eigenvalue weighted by Gasteiger charge is 2.61. The standard InChI is InChI=1S/C24H17BrClN3O3/c1-31-21-4-2-3-16-20-12-19(13-5-8-15(26)9-6-13)28-29(20)24(32-22(16)21)17-11-14(25)7-10-18(17)27-23(24)30/h2-11,20H,12H2,1H3,(H,27,30)/t20-,24-/m0/s1. The first kappa shape index (κ1) is 19.6. The molecule has 32 heavy (non-hydrogen) atoms. The fraction of sp³-hybridized carbons (Fsp3) is 0.167. The van der Waals surface area contributed by atoms with Crippen molar-refractivity contribution >= 4 is 44.8 Å². The normalized spacial score (nSPS) is 22.6. The third kappa shape index (κ3) is 2.64. The summed E-state index contributed by atoms with van der Waals surface area (Å²) < 4.78 is 13.0. The van der Waals surface area contributed by atoms with Crippen molar-refractivity contribution in [2.24, 2.45) is 5.10 Å². The lowest BCUT2D eigenvalue weighted by Gasteiger charge is -2.44. The summed E-state index contributed by atoms with van der Waals surface area (Å²) in [5.74, 6) is 0.859. The quantitative estimate of drug-likeness (QED) is 0.497. The van der Waals surface area contributed by atoms with Crippen LogP contribution in [-0.2, 0) is 10.5 Å². The van der Waals surface area contributed by atoms with Crippen molar-refractivity contribution < 1.29 is 14.3 Å². The van der Waals surface area contributed by atoms with Crippen LogP contribution in [0.5, 0.6) is 11.5 Å². The van der Waals surface area contributed by atoms with Gasteiger partial charge in [0.25, 0.3) is 5.91 Å². The second kappa shape index (κ2) is 6.98. The van der Waals surface area contributed by atoms with E-state index in [9.17, 15) is 4.79 Å². The van der Waals surface area contributed by atoms with Gasteiger partial charge in [-0.3, -0.25) is 4.79 Å². The molecule has 160 valence electrons. The van der Waals surface area contributed by atoms with Crippen molar-refractivity contribution in [1.82, 2.24) is 5.01 Å². The van der Waals surface area contributed by atoms with E-state index in [4.69, 9.17) is 26.2 Å². The number of ether oxygens (including phenoxy) is 2. The molecule has 0 saturated heterocycles. The zero-order valence-corrected chi connectivity index (χ0v) is 19.3. The van der Waals surface area contributed by atoms with Crippen molar-refractivity contribution in [2.45, 2.75) is 18.2 Å². The number of hydrogen-bond donors (Lipinski definition) is 1. The zero-order chi connectivity index (χ0) is 22.0. The second-order valence-corrected chi connectivity index (χ2v) is 9.24. The van der Waals surface area contributed by atoms with Crippen molar-refractivity contribution in [3.8, 4) is 11.5 Å². The molecule has 6 nitrogen and oxygen atoms in total. The maximum Gasteiger partial charge on any atom is 0.306 e. The third-order valence-corrected chi connectivity index (χ3v) is 6.90. The predicted molar refractivity (Wildman–Crippen MR) is 125 cm³/mol. The van der Waals surface area contributed by atoms with Crippen LogP contribution in [0.2, 0.25) is 5.02 Å². The van der Waals surface area contributed by atoms with E-state index in [0.717, 1.165) is 21.3 Å². The average molecular weight is 511 g/mol. The topological polar surface area (TPSA) is 63.2 Å². The van der Waals surface area contributed by atoms with Crippen molar-refractivity contribution in [1.29, 1.82) is 0 Å². The highest BCUT2D eigenvalue weighted by molar-refractivity contribution is 9.10. The maximum atomic E-state index is 13.5. The molecule has 3 aliphatic rings. The van der Waals surface area contributed by atoms with Crippen LogP contribution >= 0.6 is 27.5 Å². The number of anilines is 1. The van der Waals surface area contributed by atoms with Crippen LogP contribution in [0, 0.1) is 0 Å². The minimum atomic E-state index is -1.44. The van der Waals surface area contributed by atoms with E-state index in [2.05, 4.69) is 21.2 Å². The van der Waals surface area contributed by atoms with Gasteiger partial charge in [0.2, 0.25) is 0 Å². The number of carbonyl (C=O) groups excluding carboxylic acids is 1. The number of benzene rings is 3. The number of nitrogens with zero attached hydrogens (tertiary/aromatic N) is 2. The average Bonchev–Trinajstić information content (AvgIpc) is 3.35. The summed E-state index contributed by atoms with van der Waals surface area (Å²) in [6.07, 6.45) is 0.615. The Morgan fingerprint density at radius 3 is 2.81 bits per heavy atom. The summed E-state index contributed by atoms with van der Waals surface area (Å²) in [5.41, 5.74) is 2.71. The van der Waals surface area contributed by atoms with E-state index in [1.807, 2.05) is 60.7 Å². The molecule has 0 aliphatic carbocycles. The predicted octanol–water partition coefficient (Wildman–Crippen LogP) is 5.46. The molecule has 0 bridgehead atoms. The molecule has 1 amide bonds. The minimum Gasteiger partial charge on any atom is -0.493 e. The van der Waals surface area contributed by atoms with Crippen LogP contribution < -0.4 is 14.8 Å². The SMILES string of the molecule is COc1cccc2c1O[C@@]1(C(=O)Nc3ccc(Br)cc31)N1N=C(c3ccc(Cl)cc3)C[C@@H]21. The largest absolute Gasteiger partial charge is 0.493 e. The lowest BCUT2D eigenvalue weighted by molar-refractivity contribution is -0.161. The summed E-state index contributed by atoms with van der Waals surface area (Å²) in [5, 5.41) is 10.4. The van der Waals surface area contributed by atoms with Crippen LogP contribution in [0.25, 0.3) is 0 Å². The highest BCUT2D eigenvalue weighted by atomic mass is 79.9. The number of amides is 1. The highest BCUT2D eigenvalue weighted by Crippen LogP contribution is 2.56. The van der Waals surface area contributed by atoms with Gasteiger partial charge < -0.3 is 14.8 Å². The van der Waals surface area contributed by atoms with Gasteiger partial charge in [0.1, 0.15) is 0 Å². The Balaban J connectivity index is 1.59. The molecule has 0 radical (unpaired) electrons. The number of para-hydroxylation sites is 1. The molecule has 2 atom stereocenters. The van der Waals surface area contributed by atoms with Gasteiger partial charge in [0, 0.05) is 21.5 Å². The zero-order valence-electron chi connectivity index (χ0n) is 16.9. The van der Waals surface area contributed by atoms with Gasteiger partial charge in [-0.15, -0.1) is 0 Å². The molecule has 6 rings (SSSR count). The van der Waals surface area contributed by atoms with Crippen LogP contribution in [-0.4, -0.2) is 23.7 Å². The van der Waals surface area contributed by atoms with Crippen molar-refractivity contribution in [3.05, 3.63) is 86.8 Å². The van der Waals surface area contributed by atoms with E-state index in [1.54, 1.807) is 12.1 Å². The Kier molecular flexibility index (Phi) is 4.29. The summed E-state index contributed by atoms with van der Waals surface area (Å²) in [7, 11) is 1.60. The van der Waals surface area contributed by atoms with E-state index in [0.29, 0.717) is 34.2 Å². The molecule has 3 aromatic rings. The smallest absolute Gasteiger partial charge is 0.306 e. The molecular weight excluding hydrogens is 494 g/mol. The molecule has 0 saturated carbocycles. The van der Waals surface area contributed by atoms with Crippen LogP contribution in [0.15, 0.2) is 70.2 Å². The van der Waals surface area contributed by atoms with Gasteiger partial charge >= 0.3 is 5.72 Å². The fourth-order valence-electron chi connectivity index (χ4n) is 4.68. The Labute approximate surface area is 197 Å². The molecule has 8 heteroatoms. The Hall–Kier alpha value is -3.03. The monoisotopic (exact) mass is 509 g/mol. The Bertz CT molecular complexity index is 1310.